The molecular formula is C16H33NO3. The predicted octanol–water partition coefficient (Wildman–Crippen LogP) is 3.22. The van der Waals surface area contributed by atoms with E-state index in [1.54, 1.807) is 7.05 Å². The first kappa shape index (κ1) is 17.9. The van der Waals surface area contributed by atoms with Gasteiger partial charge in [0.25, 0.3) is 0 Å². The van der Waals surface area contributed by atoms with Gasteiger partial charge in [-0.3, -0.25) is 0 Å². The van der Waals surface area contributed by atoms with Gasteiger partial charge in [-0.15, -0.1) is 0 Å². The van der Waals surface area contributed by atoms with Crippen molar-refractivity contribution in [2.75, 3.05) is 33.4 Å². The first-order chi connectivity index (χ1) is 9.64. The van der Waals surface area contributed by atoms with Gasteiger partial charge in [-0.05, 0) is 25.7 Å². The minimum Gasteiger partial charge on any atom is -0.633 e. The van der Waals surface area contributed by atoms with Crippen LogP contribution in [0.5, 0.6) is 0 Å². The van der Waals surface area contributed by atoms with Crippen LogP contribution in [0.15, 0.2) is 0 Å². The molecule has 2 atom stereocenters. The molecule has 1 aliphatic heterocycles. The summed E-state index contributed by atoms with van der Waals surface area (Å²) < 4.78 is 5.71. The van der Waals surface area contributed by atoms with Gasteiger partial charge in [0.1, 0.15) is 12.6 Å². The van der Waals surface area contributed by atoms with Crippen molar-refractivity contribution in [1.82, 2.24) is 0 Å². The highest BCUT2D eigenvalue weighted by Crippen LogP contribution is 2.18. The molecule has 0 radical (unpaired) electrons. The van der Waals surface area contributed by atoms with Crippen LogP contribution in [0.25, 0.3) is 0 Å². The molecule has 0 aromatic carbocycles. The number of piperidine rings is 1. The molecule has 120 valence electrons. The van der Waals surface area contributed by atoms with Gasteiger partial charge in [0.2, 0.25) is 0 Å². The molecule has 0 bridgehead atoms. The molecular weight excluding hydrogens is 254 g/mol. The predicted molar refractivity (Wildman–Crippen MR) is 82.3 cm³/mol. The van der Waals surface area contributed by atoms with Crippen LogP contribution in [0.3, 0.4) is 0 Å². The van der Waals surface area contributed by atoms with Crippen LogP contribution in [0.2, 0.25) is 0 Å². The van der Waals surface area contributed by atoms with Gasteiger partial charge in [0.05, 0.1) is 13.6 Å². The summed E-state index contributed by atoms with van der Waals surface area (Å²) in [4.78, 5) is 0. The summed E-state index contributed by atoms with van der Waals surface area (Å²) in [5.41, 5.74) is 0. The zero-order valence-corrected chi connectivity index (χ0v) is 13.2. The molecule has 1 heterocycles. The maximum atomic E-state index is 11.9. The maximum Gasteiger partial charge on any atom is 0.107 e. The molecule has 0 amide bonds. The van der Waals surface area contributed by atoms with Crippen molar-refractivity contribution < 1.29 is 14.5 Å². The van der Waals surface area contributed by atoms with Crippen molar-refractivity contribution in [3.05, 3.63) is 5.21 Å². The Morgan fingerprint density at radius 2 is 1.65 bits per heavy atom. The standard InChI is InChI=1S/C16H33NO3/c1-17(19)12-10-11-16(15-17)20-14-9-7-5-3-2-4-6-8-13-18/h16,18H,2-15H2,1H3. The molecule has 1 fully saturated rings. The number of unbranched alkanes of at least 4 members (excludes halogenated alkanes) is 7. The van der Waals surface area contributed by atoms with E-state index in [-0.39, 0.29) is 10.8 Å². The van der Waals surface area contributed by atoms with Gasteiger partial charge in [-0.25, -0.2) is 0 Å². The average Bonchev–Trinajstić information content (AvgIpc) is 2.40. The number of nitrogens with zero attached hydrogens (tertiary/aromatic N) is 1. The summed E-state index contributed by atoms with van der Waals surface area (Å²) in [7, 11) is 1.76. The SMILES string of the molecule is C[N+]1([O-])CCCC(OCCCCCCCCCCO)C1. The molecule has 0 aromatic heterocycles. The number of hydroxylamine groups is 3. The van der Waals surface area contributed by atoms with E-state index in [2.05, 4.69) is 0 Å². The summed E-state index contributed by atoms with van der Waals surface area (Å²) in [6.45, 7) is 2.52. The van der Waals surface area contributed by atoms with Gasteiger partial charge in [-0.2, -0.15) is 0 Å². The maximum absolute atomic E-state index is 11.9. The largest absolute Gasteiger partial charge is 0.633 e. The Balaban J connectivity index is 1.85. The highest BCUT2D eigenvalue weighted by atomic mass is 16.6. The molecule has 1 aliphatic rings. The average molecular weight is 287 g/mol. The summed E-state index contributed by atoms with van der Waals surface area (Å²) in [6, 6.07) is 0. The quantitative estimate of drug-likeness (QED) is 0.360. The van der Waals surface area contributed by atoms with Gasteiger partial charge >= 0.3 is 0 Å². The molecule has 1 saturated heterocycles. The lowest BCUT2D eigenvalue weighted by Gasteiger charge is -2.44. The van der Waals surface area contributed by atoms with Crippen LogP contribution in [0, 0.1) is 5.21 Å². The van der Waals surface area contributed by atoms with Crippen LogP contribution in [-0.4, -0.2) is 49.2 Å². The van der Waals surface area contributed by atoms with Gasteiger partial charge < -0.3 is 19.7 Å². The summed E-state index contributed by atoms with van der Waals surface area (Å²) in [6.07, 6.45) is 11.8. The third-order valence-corrected chi connectivity index (χ3v) is 4.15. The van der Waals surface area contributed by atoms with Gasteiger partial charge in [-0.1, -0.05) is 38.5 Å². The van der Waals surface area contributed by atoms with Crippen LogP contribution < -0.4 is 0 Å². The molecule has 0 saturated carbocycles. The Bertz CT molecular complexity index is 234. The van der Waals surface area contributed by atoms with Gasteiger partial charge in [0, 0.05) is 13.2 Å². The van der Waals surface area contributed by atoms with E-state index in [1.807, 2.05) is 0 Å². The molecule has 0 spiro atoms. The van der Waals surface area contributed by atoms with E-state index in [1.165, 1.54) is 32.1 Å². The highest BCUT2D eigenvalue weighted by Gasteiger charge is 2.24. The third kappa shape index (κ3) is 8.90. The smallest absolute Gasteiger partial charge is 0.107 e. The highest BCUT2D eigenvalue weighted by molar-refractivity contribution is 4.64. The van der Waals surface area contributed by atoms with E-state index in [0.717, 1.165) is 45.3 Å². The monoisotopic (exact) mass is 287 g/mol. The first-order valence-electron chi connectivity index (χ1n) is 8.42. The summed E-state index contributed by atoms with van der Waals surface area (Å²) in [5, 5.41) is 20.5. The van der Waals surface area contributed by atoms with E-state index >= 15 is 0 Å². The molecule has 4 heteroatoms. The topological polar surface area (TPSA) is 52.5 Å². The fraction of sp³-hybridized carbons (Fsp3) is 1.00. The van der Waals surface area contributed by atoms with E-state index < -0.39 is 0 Å². The number of quaternary nitrogens is 1. The Labute approximate surface area is 124 Å². The lowest BCUT2D eigenvalue weighted by atomic mass is 10.1. The van der Waals surface area contributed by atoms with Crippen molar-refractivity contribution in [2.24, 2.45) is 0 Å². The zero-order valence-electron chi connectivity index (χ0n) is 13.2. The fourth-order valence-electron chi connectivity index (χ4n) is 2.93. The Morgan fingerprint density at radius 3 is 2.25 bits per heavy atom. The molecule has 2 unspecified atom stereocenters. The lowest BCUT2D eigenvalue weighted by molar-refractivity contribution is -0.869. The Kier molecular flexibility index (Phi) is 9.44. The van der Waals surface area contributed by atoms with E-state index in [0.29, 0.717) is 13.2 Å². The van der Waals surface area contributed by atoms with Crippen LogP contribution in [0.1, 0.15) is 64.2 Å². The number of hydrogen-bond donors (Lipinski definition) is 1. The van der Waals surface area contributed by atoms with Crippen molar-refractivity contribution in [2.45, 2.75) is 70.3 Å². The number of likely N-dealkylation sites (N-methyl/N-ethyl adjacent to an activating group) is 1. The van der Waals surface area contributed by atoms with Crippen LogP contribution in [0.4, 0.5) is 0 Å². The number of likely N-dealkylation sites (tertiary alicyclic amines) is 1. The molecule has 1 rings (SSSR count). The van der Waals surface area contributed by atoms with E-state index in [9.17, 15) is 5.21 Å². The number of rotatable bonds is 11. The fourth-order valence-corrected chi connectivity index (χ4v) is 2.93. The second-order valence-corrected chi connectivity index (χ2v) is 6.39. The normalized spacial score (nSPS) is 26.9. The van der Waals surface area contributed by atoms with Crippen molar-refractivity contribution in [3.8, 4) is 0 Å². The zero-order chi connectivity index (χ0) is 14.7. The summed E-state index contributed by atoms with van der Waals surface area (Å²) in [5.74, 6) is 0. The van der Waals surface area contributed by atoms with Crippen LogP contribution >= 0.6 is 0 Å². The molecule has 0 aliphatic carbocycles. The molecule has 4 nitrogen and oxygen atoms in total. The molecule has 0 aromatic rings. The summed E-state index contributed by atoms with van der Waals surface area (Å²) >= 11 is 0. The molecule has 20 heavy (non-hydrogen) atoms. The number of ether oxygens (including phenoxy) is 1. The number of aliphatic hydroxyl groups excluding tert-OH is 1. The van der Waals surface area contributed by atoms with Crippen molar-refractivity contribution in [1.29, 1.82) is 0 Å². The first-order valence-corrected chi connectivity index (χ1v) is 8.42. The second kappa shape index (κ2) is 10.6. The molecule has 1 N–H and O–H groups in total. The second-order valence-electron chi connectivity index (χ2n) is 6.39. The minimum atomic E-state index is -0.126. The van der Waals surface area contributed by atoms with Gasteiger partial charge in [0.15, 0.2) is 0 Å². The number of aliphatic hydroxyl groups is 1. The Hall–Kier alpha value is -0.160. The van der Waals surface area contributed by atoms with Crippen molar-refractivity contribution in [3.63, 3.8) is 0 Å². The Morgan fingerprint density at radius 1 is 1.05 bits per heavy atom. The minimum absolute atomic E-state index is 0.126. The lowest BCUT2D eigenvalue weighted by Crippen LogP contribution is -2.49. The number of hydrogen-bond acceptors (Lipinski definition) is 3. The third-order valence-electron chi connectivity index (χ3n) is 4.15. The van der Waals surface area contributed by atoms with Crippen molar-refractivity contribution >= 4 is 0 Å². The van der Waals surface area contributed by atoms with E-state index in [4.69, 9.17) is 9.84 Å². The van der Waals surface area contributed by atoms with Crippen LogP contribution in [-0.2, 0) is 4.74 Å².